The number of aryl methyl sites for hydroxylation is 1. The Morgan fingerprint density at radius 3 is 2.68 bits per heavy atom. The van der Waals surface area contributed by atoms with Crippen LogP contribution in [0.5, 0.6) is 5.75 Å². The van der Waals surface area contributed by atoms with Gasteiger partial charge in [0.2, 0.25) is 5.91 Å². The molecule has 10 nitrogen and oxygen atoms in total. The van der Waals surface area contributed by atoms with E-state index >= 15 is 0 Å². The number of rotatable bonds is 8. The summed E-state index contributed by atoms with van der Waals surface area (Å²) < 4.78 is 28.2. The smallest absolute Gasteiger partial charge is 0.311 e. The molecule has 1 fully saturated rings. The van der Waals surface area contributed by atoms with Crippen molar-refractivity contribution in [2.24, 2.45) is 0 Å². The lowest BCUT2D eigenvalue weighted by molar-refractivity contribution is -0.385. The van der Waals surface area contributed by atoms with Crippen LogP contribution >= 0.6 is 0 Å². The summed E-state index contributed by atoms with van der Waals surface area (Å²) in [5, 5.41) is 13.7. The van der Waals surface area contributed by atoms with Gasteiger partial charge >= 0.3 is 5.69 Å². The number of benzene rings is 1. The first kappa shape index (κ1) is 21.6. The van der Waals surface area contributed by atoms with Crippen LogP contribution in [0.25, 0.3) is 0 Å². The number of carbonyl (C=O) groups excluding carboxylic acids is 2. The zero-order valence-electron chi connectivity index (χ0n) is 15.7. The molecule has 2 rings (SSSR count). The van der Waals surface area contributed by atoms with Gasteiger partial charge in [-0.25, -0.2) is 8.42 Å². The number of likely N-dealkylation sites (N-methyl/N-ethyl adjacent to an activating group) is 1. The van der Waals surface area contributed by atoms with E-state index in [1.807, 2.05) is 0 Å². The first-order valence-corrected chi connectivity index (χ1v) is 10.6. The number of amides is 2. The molecule has 0 aromatic heterocycles. The van der Waals surface area contributed by atoms with E-state index < -0.39 is 39.2 Å². The number of ether oxygens (including phenoxy) is 1. The normalized spacial score (nSPS) is 17.7. The van der Waals surface area contributed by atoms with Gasteiger partial charge in [0.1, 0.15) is 0 Å². The van der Waals surface area contributed by atoms with E-state index in [-0.39, 0.29) is 36.0 Å². The lowest BCUT2D eigenvalue weighted by atomic mass is 10.2. The highest BCUT2D eigenvalue weighted by molar-refractivity contribution is 7.91. The van der Waals surface area contributed by atoms with E-state index in [4.69, 9.17) is 4.74 Å². The van der Waals surface area contributed by atoms with Gasteiger partial charge in [0.15, 0.2) is 22.2 Å². The highest BCUT2D eigenvalue weighted by atomic mass is 32.2. The molecule has 0 spiro atoms. The molecule has 154 valence electrons. The third kappa shape index (κ3) is 5.91. The van der Waals surface area contributed by atoms with Gasteiger partial charge in [-0.2, -0.15) is 0 Å². The maximum Gasteiger partial charge on any atom is 0.311 e. The lowest BCUT2D eigenvalue weighted by Gasteiger charge is -2.21. The second kappa shape index (κ2) is 9.00. The number of nitro groups is 1. The number of nitro benzene ring substituents is 1. The molecule has 1 saturated heterocycles. The van der Waals surface area contributed by atoms with Crippen LogP contribution in [0.1, 0.15) is 18.9 Å². The number of nitrogens with zero attached hydrogens (tertiary/aromatic N) is 2. The van der Waals surface area contributed by atoms with Crippen molar-refractivity contribution in [3.8, 4) is 5.75 Å². The Morgan fingerprint density at radius 1 is 1.39 bits per heavy atom. The molecule has 1 N–H and O–H groups in total. The molecular formula is C17H23N3O7S. The molecule has 28 heavy (non-hydrogen) atoms. The Labute approximate surface area is 162 Å². The highest BCUT2D eigenvalue weighted by Gasteiger charge is 2.29. The minimum atomic E-state index is -3.12. The number of sulfone groups is 1. The van der Waals surface area contributed by atoms with Crippen molar-refractivity contribution in [3.63, 3.8) is 0 Å². The van der Waals surface area contributed by atoms with Crippen molar-refractivity contribution in [1.29, 1.82) is 0 Å². The maximum atomic E-state index is 12.3. The predicted molar refractivity (Wildman–Crippen MR) is 101 cm³/mol. The van der Waals surface area contributed by atoms with Crippen molar-refractivity contribution >= 4 is 27.3 Å². The molecule has 0 bridgehead atoms. The fourth-order valence-corrected chi connectivity index (χ4v) is 4.53. The van der Waals surface area contributed by atoms with Gasteiger partial charge < -0.3 is 15.0 Å². The fraction of sp³-hybridized carbons (Fsp3) is 0.529. The summed E-state index contributed by atoms with van der Waals surface area (Å²) in [6, 6.07) is 3.95. The molecule has 1 aliphatic rings. The molecule has 11 heteroatoms. The van der Waals surface area contributed by atoms with Crippen LogP contribution in [0.2, 0.25) is 0 Å². The minimum Gasteiger partial charge on any atom is -0.477 e. The molecule has 1 unspecified atom stereocenters. The minimum absolute atomic E-state index is 0.0272. The van der Waals surface area contributed by atoms with Crippen LogP contribution in [0, 0.1) is 17.0 Å². The zero-order chi connectivity index (χ0) is 20.9. The first-order valence-electron chi connectivity index (χ1n) is 8.76. The number of nitrogens with one attached hydrogen (secondary N) is 1. The summed E-state index contributed by atoms with van der Waals surface area (Å²) in [7, 11) is -3.12. The van der Waals surface area contributed by atoms with Gasteiger partial charge in [-0.3, -0.25) is 19.7 Å². The maximum absolute atomic E-state index is 12.3. The standard InChI is InChI=1S/C17H23N3O7S/c1-3-19(9-16(21)18-13-6-7-28(25,26)11-13)17(22)10-27-15-5-4-12(2)8-14(15)20(23)24/h4-5,8,13H,3,6-7,9-11H2,1-2H3,(H,18,21). The Bertz CT molecular complexity index is 870. The quantitative estimate of drug-likeness (QED) is 0.482. The van der Waals surface area contributed by atoms with Crippen molar-refractivity contribution in [1.82, 2.24) is 10.2 Å². The highest BCUT2D eigenvalue weighted by Crippen LogP contribution is 2.27. The van der Waals surface area contributed by atoms with Crippen molar-refractivity contribution in [2.75, 3.05) is 31.2 Å². The molecule has 0 radical (unpaired) electrons. The number of hydrogen-bond donors (Lipinski definition) is 1. The van der Waals surface area contributed by atoms with E-state index in [0.717, 1.165) is 0 Å². The van der Waals surface area contributed by atoms with Crippen LogP contribution in [-0.4, -0.2) is 67.3 Å². The summed E-state index contributed by atoms with van der Waals surface area (Å²) in [5.74, 6) is -1.05. The van der Waals surface area contributed by atoms with E-state index in [9.17, 15) is 28.1 Å². The second-order valence-electron chi connectivity index (χ2n) is 6.59. The van der Waals surface area contributed by atoms with Gasteiger partial charge in [0, 0.05) is 18.7 Å². The predicted octanol–water partition coefficient (Wildman–Crippen LogP) is 0.434. The monoisotopic (exact) mass is 413 g/mol. The number of hydrogen-bond acceptors (Lipinski definition) is 7. The third-order valence-corrected chi connectivity index (χ3v) is 6.10. The molecule has 2 amide bonds. The summed E-state index contributed by atoms with van der Waals surface area (Å²) in [4.78, 5) is 36.2. The largest absolute Gasteiger partial charge is 0.477 e. The van der Waals surface area contributed by atoms with E-state index in [1.54, 1.807) is 19.9 Å². The Hall–Kier alpha value is -2.69. The first-order chi connectivity index (χ1) is 13.1. The summed E-state index contributed by atoms with van der Waals surface area (Å²) in [6.45, 7) is 2.91. The van der Waals surface area contributed by atoms with Crippen molar-refractivity contribution in [2.45, 2.75) is 26.3 Å². The third-order valence-electron chi connectivity index (χ3n) is 4.33. The second-order valence-corrected chi connectivity index (χ2v) is 8.82. The topological polar surface area (TPSA) is 136 Å². The Kier molecular flexibility index (Phi) is 6.95. The van der Waals surface area contributed by atoms with Gasteiger partial charge in [-0.1, -0.05) is 6.07 Å². The van der Waals surface area contributed by atoms with E-state index in [2.05, 4.69) is 5.32 Å². The molecule has 1 aromatic rings. The molecule has 1 aromatic carbocycles. The fourth-order valence-electron chi connectivity index (χ4n) is 2.85. The van der Waals surface area contributed by atoms with Crippen molar-refractivity contribution < 1.29 is 27.7 Å². The Morgan fingerprint density at radius 2 is 2.11 bits per heavy atom. The summed E-state index contributed by atoms with van der Waals surface area (Å²) >= 11 is 0. The molecule has 1 aliphatic heterocycles. The van der Waals surface area contributed by atoms with Crippen LogP contribution in [-0.2, 0) is 19.4 Å². The summed E-state index contributed by atoms with van der Waals surface area (Å²) in [6.07, 6.45) is 0.356. The van der Waals surface area contributed by atoms with Crippen molar-refractivity contribution in [3.05, 3.63) is 33.9 Å². The summed E-state index contributed by atoms with van der Waals surface area (Å²) in [5.41, 5.74) is 0.446. The van der Waals surface area contributed by atoms with Gasteiger partial charge in [-0.15, -0.1) is 0 Å². The average Bonchev–Trinajstić information content (AvgIpc) is 2.96. The van der Waals surface area contributed by atoms with Gasteiger partial charge in [-0.05, 0) is 31.9 Å². The number of carbonyl (C=O) groups is 2. The van der Waals surface area contributed by atoms with Gasteiger partial charge in [0.25, 0.3) is 5.91 Å². The lowest BCUT2D eigenvalue weighted by Crippen LogP contribution is -2.45. The molecule has 1 heterocycles. The van der Waals surface area contributed by atoms with E-state index in [0.29, 0.717) is 12.0 Å². The van der Waals surface area contributed by atoms with Crippen LogP contribution < -0.4 is 10.1 Å². The van der Waals surface area contributed by atoms with Gasteiger partial charge in [0.05, 0.1) is 23.0 Å². The molecule has 1 atom stereocenters. The SMILES string of the molecule is CCN(CC(=O)NC1CCS(=O)(=O)C1)C(=O)COc1ccc(C)cc1[N+](=O)[O-]. The van der Waals surface area contributed by atoms with Crippen LogP contribution in [0.4, 0.5) is 5.69 Å². The zero-order valence-corrected chi connectivity index (χ0v) is 16.5. The molecule has 0 saturated carbocycles. The molecular weight excluding hydrogens is 390 g/mol. The van der Waals surface area contributed by atoms with E-state index in [1.165, 1.54) is 17.0 Å². The Balaban J connectivity index is 1.91. The molecule has 0 aliphatic carbocycles. The van der Waals surface area contributed by atoms with Crippen LogP contribution in [0.3, 0.4) is 0 Å². The van der Waals surface area contributed by atoms with Crippen LogP contribution in [0.15, 0.2) is 18.2 Å². The average molecular weight is 413 g/mol.